The summed E-state index contributed by atoms with van der Waals surface area (Å²) in [5.41, 5.74) is 2.22. The molecule has 5 rings (SSSR count). The second kappa shape index (κ2) is 7.55. The summed E-state index contributed by atoms with van der Waals surface area (Å²) in [4.78, 5) is 24.0. The van der Waals surface area contributed by atoms with Gasteiger partial charge >= 0.3 is 0 Å². The Morgan fingerprint density at radius 1 is 1.06 bits per heavy atom. The highest BCUT2D eigenvalue weighted by atomic mass is 32.2. The predicted molar refractivity (Wildman–Crippen MR) is 120 cm³/mol. The van der Waals surface area contributed by atoms with Crippen LogP contribution in [0.15, 0.2) is 36.5 Å². The summed E-state index contributed by atoms with van der Waals surface area (Å²) in [6.45, 7) is 0. The minimum Gasteiger partial charge on any atom is -0.346 e. The van der Waals surface area contributed by atoms with Gasteiger partial charge in [-0.2, -0.15) is 4.98 Å². The van der Waals surface area contributed by atoms with Crippen LogP contribution in [0.2, 0.25) is 0 Å². The zero-order valence-electron chi connectivity index (χ0n) is 16.9. The van der Waals surface area contributed by atoms with Crippen molar-refractivity contribution < 1.29 is 21.6 Å². The Hall–Kier alpha value is -2.99. The van der Waals surface area contributed by atoms with Crippen LogP contribution in [0.1, 0.15) is 19.3 Å². The summed E-state index contributed by atoms with van der Waals surface area (Å²) >= 11 is 0. The van der Waals surface area contributed by atoms with E-state index in [-0.39, 0.29) is 35.7 Å². The molecular formula is C20H21N5O5S2. The number of anilines is 2. The molecule has 3 N–H and O–H groups in total. The van der Waals surface area contributed by atoms with E-state index in [1.807, 2.05) is 6.07 Å². The van der Waals surface area contributed by atoms with Gasteiger partial charge in [0.15, 0.2) is 9.84 Å². The molecule has 3 heterocycles. The zero-order chi connectivity index (χ0) is 22.5. The lowest BCUT2D eigenvalue weighted by atomic mass is 10.1. The topological polar surface area (TPSA) is 151 Å². The van der Waals surface area contributed by atoms with Crippen LogP contribution >= 0.6 is 0 Å². The Morgan fingerprint density at radius 2 is 1.81 bits per heavy atom. The molecule has 1 atom stereocenters. The molecule has 2 aromatic heterocycles. The SMILES string of the molecule is O=C(Nc1nc(-c2ccc(NS(=O)(=O)C3CCS(=O)(=O)C3)cc2)c2cc[nH]c2n1)C1CC1. The molecule has 0 spiro atoms. The second-order valence-electron chi connectivity index (χ2n) is 8.15. The summed E-state index contributed by atoms with van der Waals surface area (Å²) in [6.07, 6.45) is 3.56. The van der Waals surface area contributed by atoms with E-state index in [9.17, 15) is 21.6 Å². The van der Waals surface area contributed by atoms with Gasteiger partial charge in [0.2, 0.25) is 21.9 Å². The van der Waals surface area contributed by atoms with Crippen molar-refractivity contribution >= 4 is 48.4 Å². The lowest BCUT2D eigenvalue weighted by Crippen LogP contribution is -2.28. The number of benzene rings is 1. The number of nitrogens with one attached hydrogen (secondary N) is 3. The van der Waals surface area contributed by atoms with Crippen molar-refractivity contribution in [2.45, 2.75) is 24.5 Å². The minimum atomic E-state index is -3.82. The van der Waals surface area contributed by atoms with Crippen LogP contribution in [0.5, 0.6) is 0 Å². The molecule has 2 aliphatic rings. The molecule has 32 heavy (non-hydrogen) atoms. The van der Waals surface area contributed by atoms with E-state index in [0.717, 1.165) is 18.2 Å². The third kappa shape index (κ3) is 4.19. The van der Waals surface area contributed by atoms with Gasteiger partial charge in [0.25, 0.3) is 0 Å². The number of aromatic nitrogens is 3. The van der Waals surface area contributed by atoms with E-state index < -0.39 is 25.1 Å². The van der Waals surface area contributed by atoms with Crippen LogP contribution in [0.3, 0.4) is 0 Å². The molecule has 10 nitrogen and oxygen atoms in total. The first kappa shape index (κ1) is 20.9. The number of nitrogens with zero attached hydrogens (tertiary/aromatic N) is 2. The van der Waals surface area contributed by atoms with Crippen molar-refractivity contribution in [3.63, 3.8) is 0 Å². The number of sulfone groups is 1. The van der Waals surface area contributed by atoms with Crippen LogP contribution in [0.25, 0.3) is 22.3 Å². The Morgan fingerprint density at radius 3 is 2.47 bits per heavy atom. The fourth-order valence-corrected chi connectivity index (χ4v) is 7.82. The molecule has 2 fully saturated rings. The average Bonchev–Trinajstić information content (AvgIpc) is 3.37. The van der Waals surface area contributed by atoms with Crippen LogP contribution in [-0.4, -0.2) is 54.5 Å². The van der Waals surface area contributed by atoms with Gasteiger partial charge in [0.1, 0.15) is 5.65 Å². The van der Waals surface area contributed by atoms with Crippen molar-refractivity contribution in [1.29, 1.82) is 0 Å². The first-order chi connectivity index (χ1) is 15.2. The van der Waals surface area contributed by atoms with Crippen molar-refractivity contribution in [1.82, 2.24) is 15.0 Å². The molecule has 168 valence electrons. The van der Waals surface area contributed by atoms with Gasteiger partial charge in [-0.3, -0.25) is 14.8 Å². The summed E-state index contributed by atoms with van der Waals surface area (Å²) in [6, 6.07) is 8.45. The van der Waals surface area contributed by atoms with Gasteiger partial charge in [0, 0.05) is 28.8 Å². The third-order valence-corrected chi connectivity index (χ3v) is 9.43. The minimum absolute atomic E-state index is 0.0172. The lowest BCUT2D eigenvalue weighted by molar-refractivity contribution is -0.117. The predicted octanol–water partition coefficient (Wildman–Crippen LogP) is 1.90. The second-order valence-corrected chi connectivity index (χ2v) is 12.3. The maximum absolute atomic E-state index is 12.6. The Balaban J connectivity index is 1.40. The monoisotopic (exact) mass is 475 g/mol. The van der Waals surface area contributed by atoms with Crippen molar-refractivity contribution in [3.05, 3.63) is 36.5 Å². The first-order valence-corrected chi connectivity index (χ1v) is 13.6. The normalized spacial score (nSPS) is 20.3. The molecule has 1 amide bonds. The number of hydrogen-bond donors (Lipinski definition) is 3. The number of sulfonamides is 1. The molecule has 1 aliphatic heterocycles. The van der Waals surface area contributed by atoms with Gasteiger partial charge < -0.3 is 4.98 Å². The number of rotatable bonds is 6. The first-order valence-electron chi connectivity index (χ1n) is 10.2. The summed E-state index contributed by atoms with van der Waals surface area (Å²) in [5.74, 6) is -0.345. The largest absolute Gasteiger partial charge is 0.346 e. The molecule has 0 bridgehead atoms. The number of hydrogen-bond acceptors (Lipinski definition) is 7. The average molecular weight is 476 g/mol. The maximum atomic E-state index is 12.6. The van der Waals surface area contributed by atoms with Crippen LogP contribution in [0, 0.1) is 5.92 Å². The van der Waals surface area contributed by atoms with Crippen molar-refractivity contribution in [2.75, 3.05) is 21.5 Å². The molecule has 1 saturated heterocycles. The van der Waals surface area contributed by atoms with E-state index in [0.29, 0.717) is 22.6 Å². The lowest BCUT2D eigenvalue weighted by Gasteiger charge is -2.13. The molecule has 3 aromatic rings. The van der Waals surface area contributed by atoms with Crippen molar-refractivity contribution in [3.8, 4) is 11.3 Å². The molecule has 12 heteroatoms. The number of fused-ring (bicyclic) bond motifs is 1. The van der Waals surface area contributed by atoms with Crippen LogP contribution < -0.4 is 10.0 Å². The zero-order valence-corrected chi connectivity index (χ0v) is 18.5. The molecule has 1 aromatic carbocycles. The van der Waals surface area contributed by atoms with Gasteiger partial charge in [-0.25, -0.2) is 21.8 Å². The number of carbonyl (C=O) groups excluding carboxylic acids is 1. The van der Waals surface area contributed by atoms with E-state index in [4.69, 9.17) is 0 Å². The summed E-state index contributed by atoms with van der Waals surface area (Å²) in [7, 11) is -7.13. The number of aromatic amines is 1. The van der Waals surface area contributed by atoms with E-state index in [2.05, 4.69) is 25.0 Å². The number of amides is 1. The molecular weight excluding hydrogens is 454 g/mol. The van der Waals surface area contributed by atoms with E-state index >= 15 is 0 Å². The number of H-pyrrole nitrogens is 1. The summed E-state index contributed by atoms with van der Waals surface area (Å²) < 4.78 is 50.8. The smallest absolute Gasteiger partial charge is 0.236 e. The Labute approximate surface area is 184 Å². The molecule has 1 aliphatic carbocycles. The molecule has 0 radical (unpaired) electrons. The van der Waals surface area contributed by atoms with Gasteiger partial charge in [0.05, 0.1) is 22.4 Å². The molecule has 1 saturated carbocycles. The van der Waals surface area contributed by atoms with E-state index in [1.165, 1.54) is 0 Å². The highest BCUT2D eigenvalue weighted by molar-refractivity contribution is 7.97. The fourth-order valence-electron chi connectivity index (χ4n) is 3.72. The quantitative estimate of drug-likeness (QED) is 0.492. The van der Waals surface area contributed by atoms with Crippen LogP contribution in [0.4, 0.5) is 11.6 Å². The van der Waals surface area contributed by atoms with Gasteiger partial charge in [-0.1, -0.05) is 12.1 Å². The number of carbonyl (C=O) groups is 1. The standard InChI is InChI=1S/C20H21N5O5S2/c26-19(13-1-2-13)24-20-22-17(16-7-9-21-18(16)23-20)12-3-5-14(6-4-12)25-32(29,30)15-8-10-31(27,28)11-15/h3-7,9,13,15,25H,1-2,8,10-11H2,(H2,21,22,23,24,26). The Kier molecular flexibility index (Phi) is 4.93. The van der Waals surface area contributed by atoms with Gasteiger partial charge in [-0.05, 0) is 37.5 Å². The summed E-state index contributed by atoms with van der Waals surface area (Å²) in [5, 5.41) is 2.56. The Bertz CT molecular complexity index is 1410. The van der Waals surface area contributed by atoms with Gasteiger partial charge in [-0.15, -0.1) is 0 Å². The highest BCUT2D eigenvalue weighted by Crippen LogP contribution is 2.31. The highest BCUT2D eigenvalue weighted by Gasteiger charge is 2.37. The van der Waals surface area contributed by atoms with E-state index in [1.54, 1.807) is 30.5 Å². The van der Waals surface area contributed by atoms with Crippen molar-refractivity contribution in [2.24, 2.45) is 5.92 Å². The third-order valence-electron chi connectivity index (χ3n) is 5.65. The molecule has 1 unspecified atom stereocenters. The van der Waals surface area contributed by atoms with Crippen LogP contribution in [-0.2, 0) is 24.7 Å². The maximum Gasteiger partial charge on any atom is 0.236 e. The fraction of sp³-hybridized carbons (Fsp3) is 0.350.